The second kappa shape index (κ2) is 8.22. The number of halogens is 1. The van der Waals surface area contributed by atoms with Gasteiger partial charge in [0, 0.05) is 17.0 Å². The van der Waals surface area contributed by atoms with Crippen molar-refractivity contribution in [2.75, 3.05) is 0 Å². The van der Waals surface area contributed by atoms with Gasteiger partial charge < -0.3 is 10.3 Å². The summed E-state index contributed by atoms with van der Waals surface area (Å²) in [6.07, 6.45) is 0. The summed E-state index contributed by atoms with van der Waals surface area (Å²) in [6.45, 7) is 5.81. The molecule has 0 saturated carbocycles. The molecule has 5 nitrogen and oxygen atoms in total. The first kappa shape index (κ1) is 19.6. The van der Waals surface area contributed by atoms with E-state index >= 15 is 0 Å². The molecule has 1 amide bonds. The molecule has 0 aliphatic carbocycles. The van der Waals surface area contributed by atoms with Crippen molar-refractivity contribution in [3.05, 3.63) is 62.3 Å². The van der Waals surface area contributed by atoms with Gasteiger partial charge in [0.15, 0.2) is 0 Å². The summed E-state index contributed by atoms with van der Waals surface area (Å²) in [7, 11) is 0. The molecule has 0 saturated heterocycles. The summed E-state index contributed by atoms with van der Waals surface area (Å²) in [5.41, 5.74) is 1.26. The van der Waals surface area contributed by atoms with Gasteiger partial charge in [0.1, 0.15) is 16.5 Å². The number of carbonyl (C=O) groups is 1. The molecular weight excluding hydrogens is 385 g/mol. The van der Waals surface area contributed by atoms with Gasteiger partial charge >= 0.3 is 0 Å². The molecule has 1 aromatic carbocycles. The molecule has 1 unspecified atom stereocenters. The number of nitrogens with zero attached hydrogens (tertiary/aromatic N) is 1. The number of amides is 1. The lowest BCUT2D eigenvalue weighted by Crippen LogP contribution is -2.30. The SMILES string of the molecule is Cc1sc2nc(CSC(C)C(=O)NCc3ccccc3F)[nH]c(=O)c2c1C. The Morgan fingerprint density at radius 3 is 2.85 bits per heavy atom. The molecular formula is C19H20FN3O2S2. The largest absolute Gasteiger partial charge is 0.351 e. The summed E-state index contributed by atoms with van der Waals surface area (Å²) in [6, 6.07) is 6.35. The highest BCUT2D eigenvalue weighted by Crippen LogP contribution is 2.26. The Labute approximate surface area is 164 Å². The van der Waals surface area contributed by atoms with E-state index in [-0.39, 0.29) is 29.1 Å². The fourth-order valence-corrected chi connectivity index (χ4v) is 4.44. The average Bonchev–Trinajstić information content (AvgIpc) is 2.93. The van der Waals surface area contributed by atoms with E-state index in [0.717, 1.165) is 15.3 Å². The summed E-state index contributed by atoms with van der Waals surface area (Å²) in [5.74, 6) is 0.437. The van der Waals surface area contributed by atoms with Gasteiger partial charge in [-0.3, -0.25) is 9.59 Å². The molecule has 3 aromatic rings. The van der Waals surface area contributed by atoms with Gasteiger partial charge in [-0.05, 0) is 32.4 Å². The van der Waals surface area contributed by atoms with E-state index in [0.29, 0.717) is 22.5 Å². The number of aryl methyl sites for hydroxylation is 2. The minimum Gasteiger partial charge on any atom is -0.351 e. The van der Waals surface area contributed by atoms with E-state index in [1.54, 1.807) is 25.1 Å². The molecule has 0 fully saturated rings. The number of H-pyrrole nitrogens is 1. The Hall–Kier alpha value is -2.19. The van der Waals surface area contributed by atoms with Gasteiger partial charge in [-0.25, -0.2) is 9.37 Å². The van der Waals surface area contributed by atoms with Crippen LogP contribution in [0.4, 0.5) is 4.39 Å². The highest BCUT2D eigenvalue weighted by Gasteiger charge is 2.16. The molecule has 0 bridgehead atoms. The number of aromatic nitrogens is 2. The van der Waals surface area contributed by atoms with Gasteiger partial charge in [0.2, 0.25) is 5.91 Å². The maximum Gasteiger partial charge on any atom is 0.259 e. The number of hydrogen-bond acceptors (Lipinski definition) is 5. The van der Waals surface area contributed by atoms with E-state index < -0.39 is 0 Å². The molecule has 0 spiro atoms. The third-order valence-corrected chi connectivity index (χ3v) is 6.59. The first-order valence-corrected chi connectivity index (χ1v) is 10.3. The molecule has 142 valence electrons. The molecule has 8 heteroatoms. The Balaban J connectivity index is 1.61. The number of hydrogen-bond donors (Lipinski definition) is 2. The van der Waals surface area contributed by atoms with Crippen LogP contribution in [-0.4, -0.2) is 21.1 Å². The quantitative estimate of drug-likeness (QED) is 0.656. The molecule has 1 atom stereocenters. The fourth-order valence-electron chi connectivity index (χ4n) is 2.62. The van der Waals surface area contributed by atoms with Crippen molar-refractivity contribution in [2.24, 2.45) is 0 Å². The Morgan fingerprint density at radius 1 is 1.37 bits per heavy atom. The number of thioether (sulfide) groups is 1. The van der Waals surface area contributed by atoms with Crippen molar-refractivity contribution in [3.63, 3.8) is 0 Å². The highest BCUT2D eigenvalue weighted by atomic mass is 32.2. The lowest BCUT2D eigenvalue weighted by Gasteiger charge is -2.12. The number of nitrogens with one attached hydrogen (secondary N) is 2. The molecule has 2 aromatic heterocycles. The molecule has 27 heavy (non-hydrogen) atoms. The van der Waals surface area contributed by atoms with Crippen molar-refractivity contribution in [2.45, 2.75) is 38.3 Å². The molecule has 0 radical (unpaired) electrons. The lowest BCUT2D eigenvalue weighted by molar-refractivity contribution is -0.120. The lowest BCUT2D eigenvalue weighted by atomic mass is 10.2. The van der Waals surface area contributed by atoms with Gasteiger partial charge in [0.25, 0.3) is 5.56 Å². The molecule has 2 heterocycles. The van der Waals surface area contributed by atoms with Crippen LogP contribution in [-0.2, 0) is 17.1 Å². The average molecular weight is 406 g/mol. The Morgan fingerprint density at radius 2 is 2.11 bits per heavy atom. The van der Waals surface area contributed by atoms with Gasteiger partial charge in [-0.1, -0.05) is 18.2 Å². The molecule has 2 N–H and O–H groups in total. The summed E-state index contributed by atoms with van der Waals surface area (Å²) >= 11 is 2.87. The summed E-state index contributed by atoms with van der Waals surface area (Å²) in [5, 5.41) is 3.02. The normalized spacial score (nSPS) is 12.3. The van der Waals surface area contributed by atoms with Crippen molar-refractivity contribution in [1.82, 2.24) is 15.3 Å². The van der Waals surface area contributed by atoms with E-state index in [1.165, 1.54) is 29.2 Å². The summed E-state index contributed by atoms with van der Waals surface area (Å²) in [4.78, 5) is 33.6. The zero-order valence-corrected chi connectivity index (χ0v) is 16.9. The van der Waals surface area contributed by atoms with Crippen molar-refractivity contribution < 1.29 is 9.18 Å². The van der Waals surface area contributed by atoms with Crippen LogP contribution in [0.15, 0.2) is 29.1 Å². The maximum atomic E-state index is 13.6. The minimum atomic E-state index is -0.357. The molecule has 0 aliphatic rings. The minimum absolute atomic E-state index is 0.144. The standard InChI is InChI=1S/C19H20FN3O2S2/c1-10-11(2)27-19-16(10)18(25)22-15(23-19)9-26-12(3)17(24)21-8-13-6-4-5-7-14(13)20/h4-7,12H,8-9H2,1-3H3,(H,21,24)(H,22,23,25). The van der Waals surface area contributed by atoms with Crippen LogP contribution in [0, 0.1) is 19.7 Å². The molecule has 0 aliphatic heterocycles. The number of carbonyl (C=O) groups excluding carboxylic acids is 1. The van der Waals surface area contributed by atoms with Crippen LogP contribution >= 0.6 is 23.1 Å². The first-order chi connectivity index (χ1) is 12.9. The second-order valence-corrected chi connectivity index (χ2v) is 8.77. The highest BCUT2D eigenvalue weighted by molar-refractivity contribution is 7.99. The van der Waals surface area contributed by atoms with Crippen molar-refractivity contribution in [3.8, 4) is 0 Å². The van der Waals surface area contributed by atoms with Crippen LogP contribution in [0.1, 0.15) is 28.8 Å². The number of aromatic amines is 1. The van der Waals surface area contributed by atoms with Gasteiger partial charge in [-0.2, -0.15) is 0 Å². The third-order valence-electron chi connectivity index (χ3n) is 4.34. The van der Waals surface area contributed by atoms with Gasteiger partial charge in [0.05, 0.1) is 16.4 Å². The zero-order valence-electron chi connectivity index (χ0n) is 15.3. The Bertz CT molecular complexity index is 1050. The van der Waals surface area contributed by atoms with Gasteiger partial charge in [-0.15, -0.1) is 23.1 Å². The number of thiophene rings is 1. The van der Waals surface area contributed by atoms with Crippen LogP contribution in [0.2, 0.25) is 0 Å². The monoisotopic (exact) mass is 405 g/mol. The van der Waals surface area contributed by atoms with E-state index in [1.807, 2.05) is 13.8 Å². The first-order valence-electron chi connectivity index (χ1n) is 8.48. The fraction of sp³-hybridized carbons (Fsp3) is 0.316. The van der Waals surface area contributed by atoms with Crippen LogP contribution in [0.25, 0.3) is 10.2 Å². The van der Waals surface area contributed by atoms with Crippen molar-refractivity contribution >= 4 is 39.2 Å². The second-order valence-electron chi connectivity index (χ2n) is 6.24. The van der Waals surface area contributed by atoms with E-state index in [2.05, 4.69) is 15.3 Å². The number of rotatable bonds is 6. The number of benzene rings is 1. The van der Waals surface area contributed by atoms with Crippen LogP contribution in [0.5, 0.6) is 0 Å². The third kappa shape index (κ3) is 4.39. The van der Waals surface area contributed by atoms with Crippen molar-refractivity contribution in [1.29, 1.82) is 0 Å². The van der Waals surface area contributed by atoms with E-state index in [9.17, 15) is 14.0 Å². The number of fused-ring (bicyclic) bond motifs is 1. The smallest absolute Gasteiger partial charge is 0.259 e. The Kier molecular flexibility index (Phi) is 5.96. The predicted octanol–water partition coefficient (Wildman–Crippen LogP) is 3.68. The maximum absolute atomic E-state index is 13.6. The topological polar surface area (TPSA) is 74.8 Å². The van der Waals surface area contributed by atoms with E-state index in [4.69, 9.17) is 0 Å². The molecule has 3 rings (SSSR count). The van der Waals surface area contributed by atoms with Crippen LogP contribution in [0.3, 0.4) is 0 Å². The van der Waals surface area contributed by atoms with Crippen LogP contribution < -0.4 is 10.9 Å². The predicted molar refractivity (Wildman–Crippen MR) is 109 cm³/mol. The zero-order chi connectivity index (χ0) is 19.6. The summed E-state index contributed by atoms with van der Waals surface area (Å²) < 4.78 is 13.6.